The highest BCUT2D eigenvalue weighted by Crippen LogP contribution is 2.31. The molecule has 5 nitrogen and oxygen atoms in total. The summed E-state index contributed by atoms with van der Waals surface area (Å²) in [5.41, 5.74) is 2.65. The molecule has 28 heavy (non-hydrogen) atoms. The van der Waals surface area contributed by atoms with Gasteiger partial charge in [0.15, 0.2) is 6.10 Å². The van der Waals surface area contributed by atoms with E-state index < -0.39 is 12.1 Å². The summed E-state index contributed by atoms with van der Waals surface area (Å²) in [7, 11) is 3.25. The topological polar surface area (TPSA) is 59.8 Å². The number of para-hydroxylation sites is 1. The van der Waals surface area contributed by atoms with E-state index in [1.54, 1.807) is 32.8 Å². The number of carbonyl (C=O) groups excluding carboxylic acids is 2. The summed E-state index contributed by atoms with van der Waals surface area (Å²) in [6.45, 7) is 1.56. The SMILES string of the molecule is C[C@@H](OC(=O)c1oc2ccccc2c1CSCc1ccccc1)C(=O)N(C)C. The number of benzene rings is 2. The average molecular weight is 397 g/mol. The maximum atomic E-state index is 12.7. The number of ether oxygens (including phenoxy) is 1. The van der Waals surface area contributed by atoms with Crippen LogP contribution in [-0.2, 0) is 21.0 Å². The van der Waals surface area contributed by atoms with Gasteiger partial charge in [0.05, 0.1) is 0 Å². The number of esters is 1. The summed E-state index contributed by atoms with van der Waals surface area (Å²) < 4.78 is 11.2. The molecule has 0 aliphatic heterocycles. The highest BCUT2D eigenvalue weighted by atomic mass is 32.2. The molecule has 1 aromatic heterocycles. The minimum absolute atomic E-state index is 0.167. The average Bonchev–Trinajstić information content (AvgIpc) is 3.07. The van der Waals surface area contributed by atoms with Crippen molar-refractivity contribution in [2.24, 2.45) is 0 Å². The number of furan rings is 1. The number of likely N-dealkylation sites (N-methyl/N-ethyl adjacent to an activating group) is 1. The summed E-state index contributed by atoms with van der Waals surface area (Å²) in [4.78, 5) is 26.1. The molecule has 0 unspecified atom stereocenters. The molecule has 0 aliphatic carbocycles. The Morgan fingerprint density at radius 2 is 1.71 bits per heavy atom. The maximum Gasteiger partial charge on any atom is 0.375 e. The first kappa shape index (κ1) is 20.0. The molecular formula is C22H23NO4S. The van der Waals surface area contributed by atoms with Crippen molar-refractivity contribution in [3.05, 3.63) is 71.5 Å². The number of fused-ring (bicyclic) bond motifs is 1. The van der Waals surface area contributed by atoms with Gasteiger partial charge in [-0.1, -0.05) is 48.5 Å². The largest absolute Gasteiger partial charge is 0.449 e. The van der Waals surface area contributed by atoms with Crippen LogP contribution < -0.4 is 0 Å². The van der Waals surface area contributed by atoms with Gasteiger partial charge >= 0.3 is 5.97 Å². The van der Waals surface area contributed by atoms with Gasteiger partial charge in [0, 0.05) is 36.6 Å². The minimum Gasteiger partial charge on any atom is -0.449 e. The Morgan fingerprint density at radius 3 is 2.43 bits per heavy atom. The van der Waals surface area contributed by atoms with Crippen molar-refractivity contribution < 1.29 is 18.7 Å². The van der Waals surface area contributed by atoms with Gasteiger partial charge in [-0.3, -0.25) is 4.79 Å². The predicted octanol–water partition coefficient (Wildman–Crippen LogP) is 4.50. The summed E-state index contributed by atoms with van der Waals surface area (Å²) in [6, 6.07) is 17.7. The fraction of sp³-hybridized carbons (Fsp3) is 0.273. The zero-order valence-corrected chi connectivity index (χ0v) is 17.0. The minimum atomic E-state index is -0.875. The number of amides is 1. The van der Waals surface area contributed by atoms with E-state index in [1.807, 2.05) is 42.5 Å². The molecule has 3 rings (SSSR count). The lowest BCUT2D eigenvalue weighted by molar-refractivity contribution is -0.137. The van der Waals surface area contributed by atoms with Crippen LogP contribution in [0.4, 0.5) is 0 Å². The molecule has 1 atom stereocenters. The van der Waals surface area contributed by atoms with E-state index in [0.29, 0.717) is 11.3 Å². The standard InChI is InChI=1S/C22H23NO4S/c1-15(21(24)23(2)3)26-22(25)20-18(17-11-7-8-12-19(17)27-20)14-28-13-16-9-5-4-6-10-16/h4-12,15H,13-14H2,1-3H3/t15-/m1/s1. The Labute approximate surface area is 168 Å². The molecule has 6 heteroatoms. The number of hydrogen-bond donors (Lipinski definition) is 0. The molecule has 146 valence electrons. The first-order chi connectivity index (χ1) is 13.5. The van der Waals surface area contributed by atoms with Crippen LogP contribution in [0.5, 0.6) is 0 Å². The third-order valence-electron chi connectivity index (χ3n) is 4.31. The Morgan fingerprint density at radius 1 is 1.04 bits per heavy atom. The van der Waals surface area contributed by atoms with Gasteiger partial charge in [-0.25, -0.2) is 4.79 Å². The summed E-state index contributed by atoms with van der Waals surface area (Å²) in [6.07, 6.45) is -0.875. The van der Waals surface area contributed by atoms with Gasteiger partial charge in [0.25, 0.3) is 5.91 Å². The van der Waals surface area contributed by atoms with Crippen LogP contribution in [0.1, 0.15) is 28.6 Å². The second-order valence-corrected chi connectivity index (χ2v) is 7.65. The van der Waals surface area contributed by atoms with E-state index in [-0.39, 0.29) is 11.7 Å². The van der Waals surface area contributed by atoms with Crippen molar-refractivity contribution in [1.82, 2.24) is 4.90 Å². The summed E-state index contributed by atoms with van der Waals surface area (Å²) >= 11 is 1.70. The van der Waals surface area contributed by atoms with Gasteiger partial charge in [0.2, 0.25) is 5.76 Å². The maximum absolute atomic E-state index is 12.7. The Kier molecular flexibility index (Phi) is 6.41. The van der Waals surface area contributed by atoms with Crippen molar-refractivity contribution in [3.63, 3.8) is 0 Å². The Hall–Kier alpha value is -2.73. The molecule has 0 spiro atoms. The van der Waals surface area contributed by atoms with E-state index >= 15 is 0 Å². The van der Waals surface area contributed by atoms with Crippen molar-refractivity contribution in [3.8, 4) is 0 Å². The highest BCUT2D eigenvalue weighted by molar-refractivity contribution is 7.97. The zero-order chi connectivity index (χ0) is 20.1. The second-order valence-electron chi connectivity index (χ2n) is 6.66. The molecule has 0 radical (unpaired) electrons. The molecule has 1 heterocycles. The highest BCUT2D eigenvalue weighted by Gasteiger charge is 2.26. The fourth-order valence-electron chi connectivity index (χ4n) is 2.88. The van der Waals surface area contributed by atoms with Crippen LogP contribution in [0.25, 0.3) is 11.0 Å². The van der Waals surface area contributed by atoms with E-state index in [4.69, 9.17) is 9.15 Å². The Bertz CT molecular complexity index is 965. The third-order valence-corrected chi connectivity index (χ3v) is 5.34. The van der Waals surface area contributed by atoms with Gasteiger partial charge in [0.1, 0.15) is 5.58 Å². The first-order valence-corrected chi connectivity index (χ1v) is 10.2. The van der Waals surface area contributed by atoms with Crippen LogP contribution in [0, 0.1) is 0 Å². The molecule has 3 aromatic rings. The number of nitrogens with zero attached hydrogens (tertiary/aromatic N) is 1. The lowest BCUT2D eigenvalue weighted by Crippen LogP contribution is -2.35. The van der Waals surface area contributed by atoms with Crippen LogP contribution in [0.15, 0.2) is 59.0 Å². The fourth-order valence-corrected chi connectivity index (χ4v) is 3.90. The van der Waals surface area contributed by atoms with Crippen LogP contribution in [0.3, 0.4) is 0 Å². The first-order valence-electron chi connectivity index (χ1n) is 9.01. The third kappa shape index (κ3) is 4.57. The number of rotatable bonds is 7. The quantitative estimate of drug-likeness (QED) is 0.550. The molecule has 1 amide bonds. The molecule has 0 saturated carbocycles. The smallest absolute Gasteiger partial charge is 0.375 e. The van der Waals surface area contributed by atoms with Crippen LogP contribution >= 0.6 is 11.8 Å². The molecule has 0 bridgehead atoms. The number of carbonyl (C=O) groups is 2. The van der Waals surface area contributed by atoms with Crippen molar-refractivity contribution in [2.45, 2.75) is 24.5 Å². The van der Waals surface area contributed by atoms with E-state index in [9.17, 15) is 9.59 Å². The lowest BCUT2D eigenvalue weighted by atomic mass is 10.1. The van der Waals surface area contributed by atoms with Gasteiger partial charge in [-0.2, -0.15) is 11.8 Å². The zero-order valence-electron chi connectivity index (χ0n) is 16.2. The molecular weight excluding hydrogens is 374 g/mol. The lowest BCUT2D eigenvalue weighted by Gasteiger charge is -2.16. The second kappa shape index (κ2) is 8.97. The van der Waals surface area contributed by atoms with Crippen LogP contribution in [0.2, 0.25) is 0 Å². The summed E-state index contributed by atoms with van der Waals surface area (Å²) in [5, 5.41) is 0.890. The van der Waals surface area contributed by atoms with E-state index in [1.165, 1.54) is 10.5 Å². The molecule has 0 saturated heterocycles. The molecule has 0 fully saturated rings. The molecule has 0 aliphatic rings. The van der Waals surface area contributed by atoms with Gasteiger partial charge < -0.3 is 14.1 Å². The van der Waals surface area contributed by atoms with Crippen molar-refractivity contribution in [2.75, 3.05) is 14.1 Å². The van der Waals surface area contributed by atoms with Gasteiger partial charge in [-0.05, 0) is 18.6 Å². The molecule has 0 N–H and O–H groups in total. The predicted molar refractivity (Wildman–Crippen MR) is 111 cm³/mol. The van der Waals surface area contributed by atoms with E-state index in [0.717, 1.165) is 16.7 Å². The normalized spacial score (nSPS) is 12.0. The summed E-state index contributed by atoms with van der Waals surface area (Å²) in [5.74, 6) is 0.704. The van der Waals surface area contributed by atoms with Crippen molar-refractivity contribution in [1.29, 1.82) is 0 Å². The van der Waals surface area contributed by atoms with Crippen molar-refractivity contribution >= 4 is 34.6 Å². The van der Waals surface area contributed by atoms with E-state index in [2.05, 4.69) is 12.1 Å². The number of thioether (sulfide) groups is 1. The Balaban J connectivity index is 1.80. The monoisotopic (exact) mass is 397 g/mol. The molecule has 2 aromatic carbocycles. The van der Waals surface area contributed by atoms with Crippen LogP contribution in [-0.4, -0.2) is 37.0 Å². The van der Waals surface area contributed by atoms with Gasteiger partial charge in [-0.15, -0.1) is 0 Å². The number of hydrogen-bond acceptors (Lipinski definition) is 5.